The summed E-state index contributed by atoms with van der Waals surface area (Å²) >= 11 is 0. The predicted molar refractivity (Wildman–Crippen MR) is 134 cm³/mol. The first-order chi connectivity index (χ1) is 16.1. The van der Waals surface area contributed by atoms with Crippen LogP contribution in [0.5, 0.6) is 0 Å². The lowest BCUT2D eigenvalue weighted by Gasteiger charge is -2.56. The summed E-state index contributed by atoms with van der Waals surface area (Å²) in [5.41, 5.74) is 1.37. The average molecular weight is 463 g/mol. The molecule has 0 radical (unpaired) electrons. The first-order valence-corrected chi connectivity index (χ1v) is 12.6. The lowest BCUT2D eigenvalue weighted by Crippen LogP contribution is -2.54. The molecule has 0 aliphatic heterocycles. The van der Waals surface area contributed by atoms with Crippen molar-refractivity contribution in [2.45, 2.75) is 60.4 Å². The van der Waals surface area contributed by atoms with Gasteiger partial charge in [0.15, 0.2) is 0 Å². The van der Waals surface area contributed by atoms with Crippen molar-refractivity contribution in [2.24, 2.45) is 34.5 Å². The van der Waals surface area contributed by atoms with Crippen molar-refractivity contribution in [3.05, 3.63) is 59.9 Å². The molecule has 4 atom stereocenters. The molecule has 1 aromatic heterocycles. The van der Waals surface area contributed by atoms with E-state index in [1.54, 1.807) is 0 Å². The van der Waals surface area contributed by atoms with E-state index >= 15 is 0 Å². The summed E-state index contributed by atoms with van der Waals surface area (Å²) in [6, 6.07) is 9.55. The van der Waals surface area contributed by atoms with Crippen LogP contribution in [0.1, 0.15) is 69.8 Å². The van der Waals surface area contributed by atoms with E-state index in [-0.39, 0.29) is 16.8 Å². The molecular weight excluding hydrogens is 424 g/mol. The number of hydrogen-bond acceptors (Lipinski definition) is 4. The van der Waals surface area contributed by atoms with E-state index in [0.717, 1.165) is 24.9 Å². The van der Waals surface area contributed by atoms with Crippen molar-refractivity contribution < 1.29 is 14.3 Å². The van der Waals surface area contributed by atoms with Gasteiger partial charge in [-0.15, -0.1) is 0 Å². The molecule has 5 nitrogen and oxygen atoms in total. The number of hydrogen-bond donors (Lipinski definition) is 0. The third kappa shape index (κ3) is 4.89. The highest BCUT2D eigenvalue weighted by Gasteiger charge is 2.55. The van der Waals surface area contributed by atoms with E-state index < -0.39 is 0 Å². The van der Waals surface area contributed by atoms with Gasteiger partial charge in [0.05, 0.1) is 12.2 Å². The molecule has 4 unspecified atom stereocenters. The van der Waals surface area contributed by atoms with E-state index in [2.05, 4.69) is 44.9 Å². The summed E-state index contributed by atoms with van der Waals surface area (Å²) in [7, 11) is 0. The Bertz CT molecular complexity index is 1030. The zero-order valence-electron chi connectivity index (χ0n) is 21.2. The third-order valence-corrected chi connectivity index (χ3v) is 8.38. The van der Waals surface area contributed by atoms with E-state index in [1.807, 2.05) is 54.3 Å². The number of ketones is 1. The van der Waals surface area contributed by atoms with Gasteiger partial charge in [0.25, 0.3) is 0 Å². The molecule has 1 heterocycles. The Morgan fingerprint density at radius 2 is 1.88 bits per heavy atom. The average Bonchev–Trinajstić information content (AvgIpc) is 3.30. The lowest BCUT2D eigenvalue weighted by molar-refractivity contribution is -0.149. The second kappa shape index (κ2) is 9.52. The van der Waals surface area contributed by atoms with Gasteiger partial charge in [-0.1, -0.05) is 52.0 Å². The first kappa shape index (κ1) is 24.4. The van der Waals surface area contributed by atoms with Crippen LogP contribution >= 0.6 is 0 Å². The van der Waals surface area contributed by atoms with Gasteiger partial charge < -0.3 is 4.74 Å². The van der Waals surface area contributed by atoms with Crippen LogP contribution < -0.4 is 0 Å². The molecule has 0 saturated heterocycles. The number of carbonyl (C=O) groups is 2. The lowest BCUT2D eigenvalue weighted by atomic mass is 9.47. The summed E-state index contributed by atoms with van der Waals surface area (Å²) in [5.74, 6) is 1.83. The van der Waals surface area contributed by atoms with Gasteiger partial charge in [0.1, 0.15) is 5.78 Å². The number of fused-ring (bicyclic) bond motifs is 1. The summed E-state index contributed by atoms with van der Waals surface area (Å²) in [6.45, 7) is 11.9. The third-order valence-electron chi connectivity index (χ3n) is 8.38. The number of nitrogens with zero attached hydrogens (tertiary/aromatic N) is 2. The molecule has 34 heavy (non-hydrogen) atoms. The number of carbonyl (C=O) groups excluding carboxylic acids is 2. The first-order valence-electron chi connectivity index (χ1n) is 12.6. The Balaban J connectivity index is 1.59. The fourth-order valence-electron chi connectivity index (χ4n) is 6.23. The number of benzene rings is 1. The van der Waals surface area contributed by atoms with Gasteiger partial charge in [-0.2, -0.15) is 5.10 Å². The van der Waals surface area contributed by atoms with E-state index in [0.29, 0.717) is 48.0 Å². The SMILES string of the molecule is CCOC(=O)c1ccc(/C=C/C2CC3C(CC2Cn2cccn2)C(C)(C)CC(=O)C3(C)C)cc1. The normalized spacial score (nSPS) is 28.0. The fourth-order valence-corrected chi connectivity index (χ4v) is 6.23. The zero-order chi connectivity index (χ0) is 24.5. The molecule has 182 valence electrons. The molecular formula is C29H38N2O3. The molecule has 5 heteroatoms. The standard InChI is InChI=1S/C29H38N2O3/c1-6-34-27(33)21-11-8-20(9-12-21)10-13-22-16-25-24(17-23(22)19-31-15-7-14-30-31)28(2,3)18-26(32)29(25,4)5/h7-15,22-25H,6,16-19H2,1-5H3/b13-10+. The summed E-state index contributed by atoms with van der Waals surface area (Å²) in [5, 5.41) is 4.48. The van der Waals surface area contributed by atoms with Crippen molar-refractivity contribution in [1.29, 1.82) is 0 Å². The highest BCUT2D eigenvalue weighted by molar-refractivity contribution is 5.89. The van der Waals surface area contributed by atoms with Gasteiger partial charge in [-0.05, 0) is 72.6 Å². The molecule has 1 aromatic carbocycles. The van der Waals surface area contributed by atoms with E-state index in [1.165, 1.54) is 0 Å². The minimum atomic E-state index is -0.289. The van der Waals surface area contributed by atoms with Gasteiger partial charge in [0, 0.05) is 30.8 Å². The molecule has 0 amide bonds. The monoisotopic (exact) mass is 462 g/mol. The minimum absolute atomic E-state index is 0.0250. The maximum Gasteiger partial charge on any atom is 0.338 e. The Kier molecular flexibility index (Phi) is 6.84. The Morgan fingerprint density at radius 1 is 1.15 bits per heavy atom. The Hall–Kier alpha value is -2.69. The second-order valence-corrected chi connectivity index (χ2v) is 11.3. The van der Waals surface area contributed by atoms with Gasteiger partial charge >= 0.3 is 5.97 Å². The Labute approximate surface area is 203 Å². The molecule has 2 aromatic rings. The number of allylic oxidation sites excluding steroid dienone is 1. The van der Waals surface area contributed by atoms with Crippen LogP contribution in [0.4, 0.5) is 0 Å². The second-order valence-electron chi connectivity index (χ2n) is 11.3. The van der Waals surface area contributed by atoms with E-state index in [4.69, 9.17) is 4.74 Å². The minimum Gasteiger partial charge on any atom is -0.462 e. The number of aromatic nitrogens is 2. The van der Waals surface area contributed by atoms with Crippen LogP contribution in [-0.2, 0) is 16.1 Å². The molecule has 2 saturated carbocycles. The van der Waals surface area contributed by atoms with Crippen molar-refractivity contribution in [3.8, 4) is 0 Å². The smallest absolute Gasteiger partial charge is 0.338 e. The van der Waals surface area contributed by atoms with Crippen LogP contribution in [0.25, 0.3) is 6.08 Å². The van der Waals surface area contributed by atoms with Gasteiger partial charge in [-0.25, -0.2) is 4.79 Å². The molecule has 0 bridgehead atoms. The van der Waals surface area contributed by atoms with Crippen LogP contribution in [-0.4, -0.2) is 28.1 Å². The number of esters is 1. The number of Topliss-reactive ketones (excluding diaryl/α,β-unsaturated/α-hetero) is 1. The zero-order valence-corrected chi connectivity index (χ0v) is 21.2. The van der Waals surface area contributed by atoms with Gasteiger partial charge in [0.2, 0.25) is 0 Å². The summed E-state index contributed by atoms with van der Waals surface area (Å²) < 4.78 is 7.14. The van der Waals surface area contributed by atoms with E-state index in [9.17, 15) is 9.59 Å². The molecule has 0 spiro atoms. The van der Waals surface area contributed by atoms with Crippen molar-refractivity contribution >= 4 is 17.8 Å². The highest BCUT2D eigenvalue weighted by Crippen LogP contribution is 2.58. The maximum atomic E-state index is 13.1. The van der Waals surface area contributed by atoms with Crippen molar-refractivity contribution in [1.82, 2.24) is 9.78 Å². The number of rotatable bonds is 6. The molecule has 2 aliphatic rings. The van der Waals surface area contributed by atoms with Crippen LogP contribution in [0.2, 0.25) is 0 Å². The maximum absolute atomic E-state index is 13.1. The topological polar surface area (TPSA) is 61.2 Å². The van der Waals surface area contributed by atoms with Crippen LogP contribution in [0.3, 0.4) is 0 Å². The van der Waals surface area contributed by atoms with Gasteiger partial charge in [-0.3, -0.25) is 9.48 Å². The van der Waals surface area contributed by atoms with Crippen LogP contribution in [0, 0.1) is 34.5 Å². The number of ether oxygens (including phenoxy) is 1. The summed E-state index contributed by atoms with van der Waals surface area (Å²) in [4.78, 5) is 25.0. The largest absolute Gasteiger partial charge is 0.462 e. The fraction of sp³-hybridized carbons (Fsp3) is 0.552. The quantitative estimate of drug-likeness (QED) is 0.490. The van der Waals surface area contributed by atoms with Crippen molar-refractivity contribution in [2.75, 3.05) is 6.61 Å². The Morgan fingerprint density at radius 3 is 2.53 bits per heavy atom. The molecule has 2 fully saturated rings. The molecule has 2 aliphatic carbocycles. The van der Waals surface area contributed by atoms with Crippen molar-refractivity contribution in [3.63, 3.8) is 0 Å². The predicted octanol–water partition coefficient (Wildman–Crippen LogP) is 6.06. The summed E-state index contributed by atoms with van der Waals surface area (Å²) in [6.07, 6.45) is 11.2. The van der Waals surface area contributed by atoms with Crippen LogP contribution in [0.15, 0.2) is 48.8 Å². The molecule has 0 N–H and O–H groups in total. The molecule has 4 rings (SSSR count). The highest BCUT2D eigenvalue weighted by atomic mass is 16.5.